The molecule has 0 bridgehead atoms. The molecule has 0 aliphatic heterocycles. The van der Waals surface area contributed by atoms with Gasteiger partial charge in [-0.2, -0.15) is 0 Å². The van der Waals surface area contributed by atoms with Crippen LogP contribution in [0, 0.1) is 6.92 Å². The highest BCUT2D eigenvalue weighted by Crippen LogP contribution is 2.30. The zero-order valence-electron chi connectivity index (χ0n) is 9.94. The Kier molecular flexibility index (Phi) is 3.99. The van der Waals surface area contributed by atoms with E-state index in [2.05, 4.69) is 9.71 Å². The lowest BCUT2D eigenvalue weighted by atomic mass is 10.0. The Morgan fingerprint density at radius 1 is 1.50 bits per heavy atom. The summed E-state index contributed by atoms with van der Waals surface area (Å²) in [7, 11) is -3.63. The molecule has 8 heteroatoms. The molecule has 18 heavy (non-hydrogen) atoms. The van der Waals surface area contributed by atoms with Gasteiger partial charge in [-0.25, -0.2) is 18.1 Å². The van der Waals surface area contributed by atoms with Crippen molar-refractivity contribution in [1.82, 2.24) is 9.71 Å². The van der Waals surface area contributed by atoms with Gasteiger partial charge in [0.05, 0.1) is 11.3 Å². The van der Waals surface area contributed by atoms with E-state index in [1.54, 1.807) is 6.92 Å². The third kappa shape index (κ3) is 3.03. The second kappa shape index (κ2) is 5.05. The third-order valence-corrected chi connectivity index (χ3v) is 6.37. The molecule has 0 saturated heterocycles. The van der Waals surface area contributed by atoms with Crippen molar-refractivity contribution in [2.75, 3.05) is 6.54 Å². The minimum atomic E-state index is -3.63. The van der Waals surface area contributed by atoms with E-state index in [9.17, 15) is 13.5 Å². The Morgan fingerprint density at radius 2 is 2.11 bits per heavy atom. The Bertz CT molecular complexity index is 535. The number of aliphatic hydroxyl groups is 1. The molecular formula is C10H15ClN2O3S2. The molecule has 2 N–H and O–H groups in total. The van der Waals surface area contributed by atoms with Crippen molar-refractivity contribution < 1.29 is 13.5 Å². The van der Waals surface area contributed by atoms with E-state index >= 15 is 0 Å². The maximum absolute atomic E-state index is 12.1. The van der Waals surface area contributed by atoms with E-state index in [-0.39, 0.29) is 15.2 Å². The fourth-order valence-corrected chi connectivity index (χ4v) is 5.01. The molecule has 0 radical (unpaired) electrons. The highest BCUT2D eigenvalue weighted by molar-refractivity contribution is 7.91. The Hall–Kier alpha value is -0.210. The van der Waals surface area contributed by atoms with Crippen LogP contribution in [0.5, 0.6) is 0 Å². The smallest absolute Gasteiger partial charge is 0.252 e. The summed E-state index contributed by atoms with van der Waals surface area (Å²) < 4.78 is 26.9. The van der Waals surface area contributed by atoms with Crippen molar-refractivity contribution in [3.8, 4) is 0 Å². The fraction of sp³-hybridized carbons (Fsp3) is 0.700. The Labute approximate surface area is 115 Å². The largest absolute Gasteiger partial charge is 0.389 e. The second-order valence-corrected chi connectivity index (χ2v) is 8.14. The lowest BCUT2D eigenvalue weighted by Crippen LogP contribution is -2.40. The van der Waals surface area contributed by atoms with Crippen LogP contribution in [-0.2, 0) is 10.0 Å². The van der Waals surface area contributed by atoms with Crippen LogP contribution >= 0.6 is 22.9 Å². The standard InChI is InChI=1S/C10H15ClN2O3S2/c1-7-8(17-9(11)13-7)18(15,16)12-6-10(14)4-2-3-5-10/h12,14H,2-6H2,1H3. The molecule has 0 aromatic carbocycles. The number of sulfonamides is 1. The first-order valence-corrected chi connectivity index (χ1v) is 8.35. The Morgan fingerprint density at radius 3 is 2.61 bits per heavy atom. The van der Waals surface area contributed by atoms with Gasteiger partial charge in [-0.1, -0.05) is 35.8 Å². The number of hydrogen-bond donors (Lipinski definition) is 2. The molecule has 2 rings (SSSR count). The quantitative estimate of drug-likeness (QED) is 0.887. The first-order chi connectivity index (χ1) is 8.32. The van der Waals surface area contributed by atoms with Gasteiger partial charge < -0.3 is 5.11 Å². The summed E-state index contributed by atoms with van der Waals surface area (Å²) in [5, 5.41) is 10.1. The van der Waals surface area contributed by atoms with Crippen LogP contribution in [0.3, 0.4) is 0 Å². The summed E-state index contributed by atoms with van der Waals surface area (Å²) in [6, 6.07) is 0. The molecular weight excluding hydrogens is 296 g/mol. The summed E-state index contributed by atoms with van der Waals surface area (Å²) in [6.07, 6.45) is 3.14. The molecule has 0 amide bonds. The number of aromatic nitrogens is 1. The predicted octanol–water partition coefficient (Wildman–Crippen LogP) is 1.69. The lowest BCUT2D eigenvalue weighted by Gasteiger charge is -2.21. The summed E-state index contributed by atoms with van der Waals surface area (Å²) in [5.41, 5.74) is -0.522. The van der Waals surface area contributed by atoms with Crippen LogP contribution in [0.4, 0.5) is 0 Å². The fourth-order valence-electron chi connectivity index (χ4n) is 2.10. The van der Waals surface area contributed by atoms with E-state index in [4.69, 9.17) is 11.6 Å². The summed E-state index contributed by atoms with van der Waals surface area (Å²) in [4.78, 5) is 3.88. The molecule has 1 aromatic heterocycles. The number of nitrogens with zero attached hydrogens (tertiary/aromatic N) is 1. The highest BCUT2D eigenvalue weighted by atomic mass is 35.5. The number of rotatable bonds is 4. The maximum Gasteiger partial charge on any atom is 0.252 e. The van der Waals surface area contributed by atoms with Crippen LogP contribution in [-0.4, -0.2) is 30.7 Å². The topological polar surface area (TPSA) is 79.3 Å². The van der Waals surface area contributed by atoms with Crippen LogP contribution in [0.1, 0.15) is 31.4 Å². The molecule has 1 aromatic rings. The maximum atomic E-state index is 12.1. The molecule has 1 aliphatic carbocycles. The molecule has 5 nitrogen and oxygen atoms in total. The van der Waals surface area contributed by atoms with Crippen LogP contribution < -0.4 is 4.72 Å². The van der Waals surface area contributed by atoms with Crippen molar-refractivity contribution >= 4 is 33.0 Å². The minimum Gasteiger partial charge on any atom is -0.389 e. The Balaban J connectivity index is 2.10. The number of nitrogens with one attached hydrogen (secondary N) is 1. The molecule has 0 spiro atoms. The average Bonchev–Trinajstić information content (AvgIpc) is 2.84. The molecule has 0 unspecified atom stereocenters. The van der Waals surface area contributed by atoms with E-state index < -0.39 is 15.6 Å². The van der Waals surface area contributed by atoms with Crippen LogP contribution in [0.15, 0.2) is 4.21 Å². The van der Waals surface area contributed by atoms with Crippen molar-refractivity contribution in [2.24, 2.45) is 0 Å². The van der Waals surface area contributed by atoms with Gasteiger partial charge in [0.15, 0.2) is 8.68 Å². The summed E-state index contributed by atoms with van der Waals surface area (Å²) in [6.45, 7) is 1.64. The number of halogens is 1. The van der Waals surface area contributed by atoms with Crippen LogP contribution in [0.2, 0.25) is 4.47 Å². The second-order valence-electron chi connectivity index (χ2n) is 4.60. The number of aryl methyl sites for hydroxylation is 1. The molecule has 1 heterocycles. The average molecular weight is 311 g/mol. The SMILES string of the molecule is Cc1nc(Cl)sc1S(=O)(=O)NCC1(O)CCCC1. The van der Waals surface area contributed by atoms with E-state index in [0.29, 0.717) is 18.5 Å². The van der Waals surface area contributed by atoms with Crippen molar-refractivity contribution in [3.63, 3.8) is 0 Å². The van der Waals surface area contributed by atoms with E-state index in [0.717, 1.165) is 24.2 Å². The van der Waals surface area contributed by atoms with Gasteiger partial charge in [0, 0.05) is 6.54 Å². The van der Waals surface area contributed by atoms with Gasteiger partial charge in [0.25, 0.3) is 10.0 Å². The normalized spacial score (nSPS) is 19.3. The van der Waals surface area contributed by atoms with Gasteiger partial charge in [0.1, 0.15) is 0 Å². The predicted molar refractivity (Wildman–Crippen MR) is 70.5 cm³/mol. The van der Waals surface area contributed by atoms with Gasteiger partial charge >= 0.3 is 0 Å². The minimum absolute atomic E-state index is 0.0459. The van der Waals surface area contributed by atoms with Gasteiger partial charge in [-0.3, -0.25) is 0 Å². The van der Waals surface area contributed by atoms with Gasteiger partial charge in [-0.15, -0.1) is 0 Å². The lowest BCUT2D eigenvalue weighted by molar-refractivity contribution is 0.0532. The van der Waals surface area contributed by atoms with Crippen molar-refractivity contribution in [2.45, 2.75) is 42.4 Å². The van der Waals surface area contributed by atoms with E-state index in [1.165, 1.54) is 0 Å². The van der Waals surface area contributed by atoms with Crippen molar-refractivity contribution in [3.05, 3.63) is 10.2 Å². The molecule has 1 aliphatic rings. The third-order valence-electron chi connectivity index (χ3n) is 3.10. The number of thiazole rings is 1. The van der Waals surface area contributed by atoms with Gasteiger partial charge in [-0.05, 0) is 19.8 Å². The molecule has 1 fully saturated rings. The van der Waals surface area contributed by atoms with Crippen molar-refractivity contribution in [1.29, 1.82) is 0 Å². The summed E-state index contributed by atoms with van der Waals surface area (Å²) >= 11 is 6.62. The zero-order valence-corrected chi connectivity index (χ0v) is 12.3. The number of hydrogen-bond acceptors (Lipinski definition) is 5. The first-order valence-electron chi connectivity index (χ1n) is 5.67. The highest BCUT2D eigenvalue weighted by Gasteiger charge is 2.33. The molecule has 102 valence electrons. The molecule has 1 saturated carbocycles. The molecule has 0 atom stereocenters. The van der Waals surface area contributed by atoms with Gasteiger partial charge in [0.2, 0.25) is 0 Å². The zero-order chi connectivity index (χ0) is 13.4. The summed E-state index contributed by atoms with van der Waals surface area (Å²) in [5.74, 6) is 0. The first kappa shape index (κ1) is 14.2. The monoisotopic (exact) mass is 310 g/mol. The van der Waals surface area contributed by atoms with Crippen LogP contribution in [0.25, 0.3) is 0 Å². The van der Waals surface area contributed by atoms with E-state index in [1.807, 2.05) is 0 Å².